The van der Waals surface area contributed by atoms with E-state index in [4.69, 9.17) is 18.9 Å². The number of hydrogen-bond donors (Lipinski definition) is 1. The molecule has 0 spiro atoms. The molecule has 1 atom stereocenters. The van der Waals surface area contributed by atoms with Crippen LogP contribution in [0, 0.1) is 0 Å². The molecule has 1 aliphatic heterocycles. The van der Waals surface area contributed by atoms with Gasteiger partial charge in [0.1, 0.15) is 5.69 Å². The zero-order chi connectivity index (χ0) is 16.4. The molecule has 2 heterocycles. The van der Waals surface area contributed by atoms with E-state index < -0.39 is 5.79 Å². The van der Waals surface area contributed by atoms with Crippen LogP contribution in [0.2, 0.25) is 0 Å². The summed E-state index contributed by atoms with van der Waals surface area (Å²) < 4.78 is 22.7. The van der Waals surface area contributed by atoms with Gasteiger partial charge in [-0.2, -0.15) is 0 Å². The number of rotatable bonds is 6. The highest BCUT2D eigenvalue weighted by molar-refractivity contribution is 5.92. The van der Waals surface area contributed by atoms with E-state index in [2.05, 4.69) is 4.98 Å². The minimum Gasteiger partial charge on any atom is -0.493 e. The number of aliphatic hydroxyl groups excluding tert-OH is 1. The van der Waals surface area contributed by atoms with Crippen molar-refractivity contribution >= 4 is 10.8 Å². The molecule has 0 bridgehead atoms. The molecule has 6 heteroatoms. The van der Waals surface area contributed by atoms with Gasteiger partial charge in [0.15, 0.2) is 11.5 Å². The van der Waals surface area contributed by atoms with Gasteiger partial charge in [-0.1, -0.05) is 0 Å². The van der Waals surface area contributed by atoms with E-state index in [9.17, 15) is 5.11 Å². The highest BCUT2D eigenvalue weighted by Gasteiger charge is 2.41. The SMILES string of the molecule is COc1cc2ccnc3c2c(c1OC)COC3(CCCO)OC. The van der Waals surface area contributed by atoms with Crippen LogP contribution in [-0.2, 0) is 21.9 Å². The lowest BCUT2D eigenvalue weighted by molar-refractivity contribution is -0.249. The molecular weight excluding hydrogens is 298 g/mol. The minimum atomic E-state index is -0.950. The second kappa shape index (κ2) is 6.31. The summed E-state index contributed by atoms with van der Waals surface area (Å²) in [4.78, 5) is 4.52. The van der Waals surface area contributed by atoms with E-state index >= 15 is 0 Å². The normalized spacial score (nSPS) is 19.8. The Labute approximate surface area is 134 Å². The molecule has 0 radical (unpaired) electrons. The van der Waals surface area contributed by atoms with Gasteiger partial charge in [0.2, 0.25) is 5.79 Å². The molecule has 3 rings (SSSR count). The zero-order valence-electron chi connectivity index (χ0n) is 13.6. The molecule has 0 fully saturated rings. The fourth-order valence-electron chi connectivity index (χ4n) is 3.20. The Bertz CT molecular complexity index is 718. The van der Waals surface area contributed by atoms with Crippen molar-refractivity contribution in [3.05, 3.63) is 29.6 Å². The highest BCUT2D eigenvalue weighted by Crippen LogP contribution is 2.47. The molecule has 1 aliphatic rings. The summed E-state index contributed by atoms with van der Waals surface area (Å²) in [6.45, 7) is 0.401. The molecule has 0 aliphatic carbocycles. The quantitative estimate of drug-likeness (QED) is 0.881. The van der Waals surface area contributed by atoms with Gasteiger partial charge in [0.25, 0.3) is 0 Å². The first-order valence-corrected chi connectivity index (χ1v) is 7.53. The Hall–Kier alpha value is -1.89. The Morgan fingerprint density at radius 3 is 2.78 bits per heavy atom. The molecule has 23 heavy (non-hydrogen) atoms. The first-order chi connectivity index (χ1) is 11.2. The molecule has 1 aromatic heterocycles. The van der Waals surface area contributed by atoms with Crippen molar-refractivity contribution in [3.8, 4) is 11.5 Å². The molecule has 0 saturated carbocycles. The summed E-state index contributed by atoms with van der Waals surface area (Å²) in [5.41, 5.74) is 1.62. The third-order valence-electron chi connectivity index (χ3n) is 4.30. The average Bonchev–Trinajstić information content (AvgIpc) is 2.61. The van der Waals surface area contributed by atoms with Crippen LogP contribution < -0.4 is 9.47 Å². The predicted octanol–water partition coefficient (Wildman–Crippen LogP) is 2.35. The highest BCUT2D eigenvalue weighted by atomic mass is 16.7. The van der Waals surface area contributed by atoms with Gasteiger partial charge in [-0.15, -0.1) is 0 Å². The first kappa shape index (κ1) is 16.0. The van der Waals surface area contributed by atoms with E-state index in [-0.39, 0.29) is 6.61 Å². The summed E-state index contributed by atoms with van der Waals surface area (Å²) >= 11 is 0. The summed E-state index contributed by atoms with van der Waals surface area (Å²) in [6.07, 6.45) is 2.82. The van der Waals surface area contributed by atoms with Crippen molar-refractivity contribution in [2.45, 2.75) is 25.2 Å². The molecule has 1 unspecified atom stereocenters. The van der Waals surface area contributed by atoms with Crippen LogP contribution in [0.15, 0.2) is 18.3 Å². The number of aromatic nitrogens is 1. The van der Waals surface area contributed by atoms with Gasteiger partial charge in [0, 0.05) is 37.3 Å². The number of ether oxygens (including phenoxy) is 4. The predicted molar refractivity (Wildman–Crippen MR) is 84.6 cm³/mol. The van der Waals surface area contributed by atoms with Gasteiger partial charge in [-0.25, -0.2) is 0 Å². The lowest BCUT2D eigenvalue weighted by Gasteiger charge is -2.37. The van der Waals surface area contributed by atoms with Crippen LogP contribution in [0.1, 0.15) is 24.1 Å². The van der Waals surface area contributed by atoms with Crippen molar-refractivity contribution < 1.29 is 24.1 Å². The number of pyridine rings is 1. The van der Waals surface area contributed by atoms with E-state index in [1.165, 1.54) is 0 Å². The Morgan fingerprint density at radius 1 is 1.30 bits per heavy atom. The summed E-state index contributed by atoms with van der Waals surface area (Å²) in [5, 5.41) is 11.1. The van der Waals surface area contributed by atoms with E-state index in [1.54, 1.807) is 27.5 Å². The molecule has 0 amide bonds. The largest absolute Gasteiger partial charge is 0.493 e. The maximum Gasteiger partial charge on any atom is 0.213 e. The van der Waals surface area contributed by atoms with Crippen LogP contribution in [0.4, 0.5) is 0 Å². The molecule has 0 saturated heterocycles. The van der Waals surface area contributed by atoms with Crippen molar-refractivity contribution in [2.75, 3.05) is 27.9 Å². The molecule has 124 valence electrons. The molecular formula is C17H21NO5. The summed E-state index contributed by atoms with van der Waals surface area (Å²) in [5.74, 6) is 0.367. The van der Waals surface area contributed by atoms with Gasteiger partial charge in [-0.3, -0.25) is 4.98 Å². The smallest absolute Gasteiger partial charge is 0.213 e. The van der Waals surface area contributed by atoms with Crippen molar-refractivity contribution in [3.63, 3.8) is 0 Å². The van der Waals surface area contributed by atoms with Crippen LogP contribution in [0.25, 0.3) is 10.8 Å². The monoisotopic (exact) mass is 319 g/mol. The van der Waals surface area contributed by atoms with Crippen molar-refractivity contribution in [2.24, 2.45) is 0 Å². The molecule has 6 nitrogen and oxygen atoms in total. The number of methoxy groups -OCH3 is 3. The molecule has 1 aromatic carbocycles. The summed E-state index contributed by atoms with van der Waals surface area (Å²) in [7, 11) is 4.83. The second-order valence-corrected chi connectivity index (χ2v) is 5.42. The van der Waals surface area contributed by atoms with Crippen LogP contribution in [0.5, 0.6) is 11.5 Å². The third-order valence-corrected chi connectivity index (χ3v) is 4.30. The van der Waals surface area contributed by atoms with E-state index in [0.29, 0.717) is 36.6 Å². The first-order valence-electron chi connectivity index (χ1n) is 7.53. The van der Waals surface area contributed by atoms with Gasteiger partial charge in [-0.05, 0) is 23.9 Å². The number of aliphatic hydroxyl groups is 1. The van der Waals surface area contributed by atoms with Crippen LogP contribution >= 0.6 is 0 Å². The molecule has 1 N–H and O–H groups in total. The van der Waals surface area contributed by atoms with E-state index in [1.807, 2.05) is 12.1 Å². The van der Waals surface area contributed by atoms with Gasteiger partial charge in [0.05, 0.1) is 20.8 Å². The topological polar surface area (TPSA) is 70.0 Å². The maximum absolute atomic E-state index is 9.18. The lowest BCUT2D eigenvalue weighted by Crippen LogP contribution is -2.36. The van der Waals surface area contributed by atoms with Crippen molar-refractivity contribution in [1.82, 2.24) is 4.98 Å². The minimum absolute atomic E-state index is 0.0727. The Morgan fingerprint density at radius 2 is 2.13 bits per heavy atom. The summed E-state index contributed by atoms with van der Waals surface area (Å²) in [6, 6.07) is 3.86. The molecule has 2 aromatic rings. The third kappa shape index (κ3) is 2.43. The standard InChI is InChI=1S/C17H21NO5/c1-20-13-9-11-5-7-18-16-14(11)12(15(13)21-2)10-23-17(16,22-3)6-4-8-19/h5,7,9,19H,4,6,8,10H2,1-3H3. The Kier molecular flexibility index (Phi) is 4.39. The van der Waals surface area contributed by atoms with Crippen LogP contribution in [0.3, 0.4) is 0 Å². The van der Waals surface area contributed by atoms with Crippen molar-refractivity contribution in [1.29, 1.82) is 0 Å². The van der Waals surface area contributed by atoms with E-state index in [0.717, 1.165) is 16.3 Å². The fourth-order valence-corrected chi connectivity index (χ4v) is 3.20. The fraction of sp³-hybridized carbons (Fsp3) is 0.471. The maximum atomic E-state index is 9.18. The number of hydrogen-bond acceptors (Lipinski definition) is 6. The zero-order valence-corrected chi connectivity index (χ0v) is 13.6. The second-order valence-electron chi connectivity index (χ2n) is 5.42. The number of benzene rings is 1. The van der Waals surface area contributed by atoms with Crippen LogP contribution in [-0.4, -0.2) is 38.0 Å². The lowest BCUT2D eigenvalue weighted by atomic mass is 9.93. The van der Waals surface area contributed by atoms with Gasteiger partial charge < -0.3 is 24.1 Å². The van der Waals surface area contributed by atoms with Gasteiger partial charge >= 0.3 is 0 Å². The average molecular weight is 319 g/mol. The number of nitrogens with zero attached hydrogens (tertiary/aromatic N) is 1. The Balaban J connectivity index is 2.27.